The molecule has 0 unspecified atom stereocenters. The molecule has 0 aliphatic rings. The van der Waals surface area contributed by atoms with Gasteiger partial charge in [0.2, 0.25) is 0 Å². The van der Waals surface area contributed by atoms with Gasteiger partial charge in [-0.3, -0.25) is 0 Å². The van der Waals surface area contributed by atoms with Gasteiger partial charge in [-0.25, -0.2) is 4.79 Å². The van der Waals surface area contributed by atoms with Gasteiger partial charge in [0.05, 0.1) is 6.61 Å². The minimum atomic E-state index is -0.451. The molecule has 4 heteroatoms. The number of rotatable bonds is 5. The van der Waals surface area contributed by atoms with Crippen molar-refractivity contribution in [1.82, 2.24) is 4.90 Å². The van der Waals surface area contributed by atoms with Crippen LogP contribution in [0.5, 0.6) is 0 Å². The third kappa shape index (κ3) is 4.61. The minimum Gasteiger partial charge on any atom is -0.395 e. The van der Waals surface area contributed by atoms with Crippen molar-refractivity contribution in [3.05, 3.63) is 0 Å². The van der Waals surface area contributed by atoms with E-state index >= 15 is 0 Å². The number of hydrogen-bond acceptors (Lipinski definition) is 2. The molecule has 3 N–H and O–H groups in total. The predicted octanol–water partition coefficient (Wildman–Crippen LogP) is 0.160. The summed E-state index contributed by atoms with van der Waals surface area (Å²) in [6, 6.07) is -0.451. The molecule has 0 rings (SSSR count). The Hall–Kier alpha value is -0.770. The van der Waals surface area contributed by atoms with Gasteiger partial charge in [0, 0.05) is 13.1 Å². The molecule has 0 spiro atoms. The van der Waals surface area contributed by atoms with E-state index in [9.17, 15) is 4.79 Å². The smallest absolute Gasteiger partial charge is 0.314 e. The van der Waals surface area contributed by atoms with Crippen LogP contribution in [-0.4, -0.2) is 35.7 Å². The summed E-state index contributed by atoms with van der Waals surface area (Å²) in [6.07, 6.45) is 1.96. The Balaban J connectivity index is 3.60. The molecule has 2 amide bonds. The van der Waals surface area contributed by atoms with Crippen molar-refractivity contribution >= 4 is 6.03 Å². The van der Waals surface area contributed by atoms with Crippen molar-refractivity contribution in [3.63, 3.8) is 0 Å². The van der Waals surface area contributed by atoms with E-state index in [2.05, 4.69) is 0 Å². The molecule has 0 aromatic heterocycles. The Morgan fingerprint density at radius 1 is 1.55 bits per heavy atom. The van der Waals surface area contributed by atoms with Crippen LogP contribution in [0.4, 0.5) is 4.79 Å². The Kier molecular flexibility index (Phi) is 5.56. The number of aliphatic hydroxyl groups is 1. The highest BCUT2D eigenvalue weighted by Crippen LogP contribution is 1.93. The Bertz CT molecular complexity index is 117. The zero-order valence-corrected chi connectivity index (χ0v) is 6.92. The van der Waals surface area contributed by atoms with Crippen LogP contribution in [0.25, 0.3) is 0 Å². The van der Waals surface area contributed by atoms with Crippen molar-refractivity contribution in [2.45, 2.75) is 19.8 Å². The van der Waals surface area contributed by atoms with Crippen molar-refractivity contribution in [3.8, 4) is 0 Å². The summed E-state index contributed by atoms with van der Waals surface area (Å²) >= 11 is 0. The first kappa shape index (κ1) is 10.2. The average molecular weight is 160 g/mol. The number of nitrogens with two attached hydrogens (primary N) is 1. The lowest BCUT2D eigenvalue weighted by atomic mass is 10.3. The van der Waals surface area contributed by atoms with Gasteiger partial charge < -0.3 is 15.7 Å². The number of aliphatic hydroxyl groups excluding tert-OH is 1. The summed E-state index contributed by atoms with van der Waals surface area (Å²) in [5.41, 5.74) is 5.04. The van der Waals surface area contributed by atoms with Gasteiger partial charge >= 0.3 is 6.03 Å². The van der Waals surface area contributed by atoms with Crippen molar-refractivity contribution in [1.29, 1.82) is 0 Å². The Morgan fingerprint density at radius 2 is 2.18 bits per heavy atom. The van der Waals surface area contributed by atoms with E-state index in [1.165, 1.54) is 4.90 Å². The van der Waals surface area contributed by atoms with Gasteiger partial charge in [0.25, 0.3) is 0 Å². The van der Waals surface area contributed by atoms with Crippen LogP contribution in [0, 0.1) is 0 Å². The van der Waals surface area contributed by atoms with Crippen molar-refractivity contribution in [2.24, 2.45) is 5.73 Å². The summed E-state index contributed by atoms with van der Waals surface area (Å²) < 4.78 is 0. The van der Waals surface area contributed by atoms with Crippen LogP contribution in [0.2, 0.25) is 0 Å². The maximum Gasteiger partial charge on any atom is 0.314 e. The van der Waals surface area contributed by atoms with E-state index in [1.807, 2.05) is 6.92 Å². The van der Waals surface area contributed by atoms with Crippen molar-refractivity contribution in [2.75, 3.05) is 19.7 Å². The summed E-state index contributed by atoms with van der Waals surface area (Å²) in [7, 11) is 0. The van der Waals surface area contributed by atoms with E-state index in [-0.39, 0.29) is 6.61 Å². The van der Waals surface area contributed by atoms with Gasteiger partial charge in [-0.2, -0.15) is 0 Å². The summed E-state index contributed by atoms with van der Waals surface area (Å²) in [4.78, 5) is 12.1. The summed E-state index contributed by atoms with van der Waals surface area (Å²) in [6.45, 7) is 3.01. The highest BCUT2D eigenvalue weighted by atomic mass is 16.3. The second-order valence-corrected chi connectivity index (χ2v) is 2.40. The Morgan fingerprint density at radius 3 is 2.55 bits per heavy atom. The molecule has 0 radical (unpaired) electrons. The number of primary amides is 1. The average Bonchev–Trinajstić information content (AvgIpc) is 1.97. The molecular formula is C7H16N2O2. The topological polar surface area (TPSA) is 66.6 Å². The molecule has 0 saturated heterocycles. The van der Waals surface area contributed by atoms with Crippen LogP contribution >= 0.6 is 0 Å². The number of nitrogens with zero attached hydrogens (tertiary/aromatic N) is 1. The molecule has 4 nitrogen and oxygen atoms in total. The molecular weight excluding hydrogens is 144 g/mol. The zero-order chi connectivity index (χ0) is 8.69. The summed E-state index contributed by atoms with van der Waals surface area (Å²) in [5, 5.41) is 8.54. The largest absolute Gasteiger partial charge is 0.395 e. The standard InChI is InChI=1S/C7H16N2O2/c1-2-3-4-9(5-6-10)7(8)11/h10H,2-6H2,1H3,(H2,8,11). The highest BCUT2D eigenvalue weighted by molar-refractivity contribution is 5.71. The molecule has 11 heavy (non-hydrogen) atoms. The van der Waals surface area contributed by atoms with Gasteiger partial charge in [-0.1, -0.05) is 13.3 Å². The van der Waals surface area contributed by atoms with E-state index in [0.29, 0.717) is 13.1 Å². The van der Waals surface area contributed by atoms with E-state index in [4.69, 9.17) is 10.8 Å². The molecule has 0 bridgehead atoms. The molecule has 66 valence electrons. The molecule has 0 saturated carbocycles. The highest BCUT2D eigenvalue weighted by Gasteiger charge is 2.06. The summed E-state index contributed by atoms with van der Waals surface area (Å²) in [5.74, 6) is 0. The molecule has 0 aliphatic carbocycles. The van der Waals surface area contributed by atoms with Crippen LogP contribution in [0.1, 0.15) is 19.8 Å². The SMILES string of the molecule is CCCCN(CCO)C(N)=O. The van der Waals surface area contributed by atoms with Crippen LogP contribution < -0.4 is 5.73 Å². The quantitative estimate of drug-likeness (QED) is 0.601. The fourth-order valence-electron chi connectivity index (χ4n) is 0.802. The fraction of sp³-hybridized carbons (Fsp3) is 0.857. The Labute approximate surface area is 67.0 Å². The number of carbonyl (C=O) groups is 1. The number of unbranched alkanes of at least 4 members (excludes halogenated alkanes) is 1. The number of amides is 2. The lowest BCUT2D eigenvalue weighted by molar-refractivity contribution is 0.184. The van der Waals surface area contributed by atoms with E-state index in [0.717, 1.165) is 12.8 Å². The predicted molar refractivity (Wildman–Crippen MR) is 43.2 cm³/mol. The second kappa shape index (κ2) is 5.97. The van der Waals surface area contributed by atoms with Gasteiger partial charge in [-0.05, 0) is 6.42 Å². The lowest BCUT2D eigenvalue weighted by Crippen LogP contribution is -2.38. The van der Waals surface area contributed by atoms with Gasteiger partial charge in [-0.15, -0.1) is 0 Å². The van der Waals surface area contributed by atoms with Crippen molar-refractivity contribution < 1.29 is 9.90 Å². The number of urea groups is 1. The third-order valence-electron chi connectivity index (χ3n) is 1.46. The lowest BCUT2D eigenvalue weighted by Gasteiger charge is -2.18. The third-order valence-corrected chi connectivity index (χ3v) is 1.46. The molecule has 0 heterocycles. The minimum absolute atomic E-state index is 0.0212. The molecule has 0 aromatic carbocycles. The first-order chi connectivity index (χ1) is 5.22. The number of hydrogen-bond donors (Lipinski definition) is 2. The number of carbonyl (C=O) groups excluding carboxylic acids is 1. The molecule has 0 fully saturated rings. The van der Waals surface area contributed by atoms with Gasteiger partial charge in [0.15, 0.2) is 0 Å². The zero-order valence-electron chi connectivity index (χ0n) is 6.92. The molecule has 0 atom stereocenters. The van der Waals surface area contributed by atoms with E-state index in [1.54, 1.807) is 0 Å². The maximum atomic E-state index is 10.6. The van der Waals surface area contributed by atoms with Crippen LogP contribution in [-0.2, 0) is 0 Å². The monoisotopic (exact) mass is 160 g/mol. The maximum absolute atomic E-state index is 10.6. The first-order valence-electron chi connectivity index (χ1n) is 3.87. The van der Waals surface area contributed by atoms with Crippen LogP contribution in [0.3, 0.4) is 0 Å². The first-order valence-corrected chi connectivity index (χ1v) is 3.87. The van der Waals surface area contributed by atoms with Gasteiger partial charge in [0.1, 0.15) is 0 Å². The van der Waals surface area contributed by atoms with E-state index < -0.39 is 6.03 Å². The van der Waals surface area contributed by atoms with Crippen LogP contribution in [0.15, 0.2) is 0 Å². The fourth-order valence-corrected chi connectivity index (χ4v) is 0.802. The molecule has 0 aliphatic heterocycles. The molecule has 0 aromatic rings. The second-order valence-electron chi connectivity index (χ2n) is 2.40. The normalized spacial score (nSPS) is 9.64.